The smallest absolute Gasteiger partial charge is 0.410 e. The average Bonchev–Trinajstić information content (AvgIpc) is 2.53. The average molecular weight is 366 g/mol. The van der Waals surface area contributed by atoms with Crippen LogP contribution >= 0.6 is 11.6 Å². The molecule has 2 rings (SSSR count). The van der Waals surface area contributed by atoms with E-state index in [2.05, 4.69) is 21.7 Å². The summed E-state index contributed by atoms with van der Waals surface area (Å²) in [6, 6.07) is 3.54. The molecule has 25 heavy (non-hydrogen) atoms. The number of hydrogen-bond donors (Lipinski definition) is 0. The molecule has 2 heterocycles. The zero-order chi connectivity index (χ0) is 18.4. The van der Waals surface area contributed by atoms with Crippen LogP contribution in [0.15, 0.2) is 12.1 Å². The molecule has 1 saturated heterocycles. The minimum Gasteiger partial charge on any atom is -0.444 e. The van der Waals surface area contributed by atoms with Gasteiger partial charge in [0.05, 0.1) is 19.8 Å². The number of nitrogens with zero attached hydrogens (tertiary/aromatic N) is 3. The molecule has 1 amide bonds. The van der Waals surface area contributed by atoms with E-state index in [0.29, 0.717) is 23.9 Å². The standard InChI is InChI=1S/C18H24ClN3O3/c1-18(2,3)25-17(23)21(4)7-5-6-15-12-14(19)13-16(20-15)22-8-10-24-11-9-22/h12-13H,7-11H2,1-4H3. The number of anilines is 1. The summed E-state index contributed by atoms with van der Waals surface area (Å²) in [6.07, 6.45) is -0.408. The number of rotatable bonds is 2. The molecule has 0 bridgehead atoms. The first kappa shape index (κ1) is 19.4. The molecule has 0 unspecified atom stereocenters. The highest BCUT2D eigenvalue weighted by Gasteiger charge is 2.18. The number of halogens is 1. The summed E-state index contributed by atoms with van der Waals surface area (Å²) in [5, 5.41) is 0.585. The first-order valence-corrected chi connectivity index (χ1v) is 8.56. The molecule has 0 saturated carbocycles. The van der Waals surface area contributed by atoms with Crippen LogP contribution in [0.3, 0.4) is 0 Å². The second-order valence-electron chi connectivity index (χ2n) is 6.77. The van der Waals surface area contributed by atoms with Gasteiger partial charge in [0, 0.05) is 25.2 Å². The van der Waals surface area contributed by atoms with Gasteiger partial charge in [0.25, 0.3) is 0 Å². The number of amides is 1. The van der Waals surface area contributed by atoms with Gasteiger partial charge in [0.2, 0.25) is 0 Å². The number of ether oxygens (including phenoxy) is 2. The summed E-state index contributed by atoms with van der Waals surface area (Å²) >= 11 is 6.18. The number of hydrogen-bond acceptors (Lipinski definition) is 5. The van der Waals surface area contributed by atoms with Crippen molar-refractivity contribution in [3.63, 3.8) is 0 Å². The van der Waals surface area contributed by atoms with E-state index in [1.165, 1.54) is 4.90 Å². The van der Waals surface area contributed by atoms with Gasteiger partial charge in [-0.25, -0.2) is 9.78 Å². The summed E-state index contributed by atoms with van der Waals surface area (Å²) in [4.78, 5) is 20.0. The predicted molar refractivity (Wildman–Crippen MR) is 98.0 cm³/mol. The molecule has 6 nitrogen and oxygen atoms in total. The van der Waals surface area contributed by atoms with Crippen molar-refractivity contribution in [1.82, 2.24) is 9.88 Å². The van der Waals surface area contributed by atoms with Crippen molar-refractivity contribution in [3.8, 4) is 11.8 Å². The third kappa shape index (κ3) is 6.45. The highest BCUT2D eigenvalue weighted by molar-refractivity contribution is 6.30. The Morgan fingerprint density at radius 3 is 2.72 bits per heavy atom. The van der Waals surface area contributed by atoms with Gasteiger partial charge >= 0.3 is 6.09 Å². The molecule has 1 aromatic rings. The maximum atomic E-state index is 11.9. The Labute approximate surface area is 154 Å². The number of carbonyl (C=O) groups is 1. The van der Waals surface area contributed by atoms with Crippen LogP contribution < -0.4 is 4.90 Å². The maximum Gasteiger partial charge on any atom is 0.410 e. The van der Waals surface area contributed by atoms with E-state index in [9.17, 15) is 4.79 Å². The van der Waals surface area contributed by atoms with Crippen molar-refractivity contribution in [2.75, 3.05) is 44.8 Å². The topological polar surface area (TPSA) is 54.9 Å². The number of morpholine rings is 1. The van der Waals surface area contributed by atoms with Crippen molar-refractivity contribution < 1.29 is 14.3 Å². The van der Waals surface area contributed by atoms with Crippen LogP contribution in [-0.2, 0) is 9.47 Å². The minimum absolute atomic E-state index is 0.246. The van der Waals surface area contributed by atoms with Crippen LogP contribution in [0.2, 0.25) is 5.02 Å². The Balaban J connectivity index is 2.02. The molecule has 0 N–H and O–H groups in total. The zero-order valence-electron chi connectivity index (χ0n) is 15.1. The van der Waals surface area contributed by atoms with E-state index in [4.69, 9.17) is 21.1 Å². The SMILES string of the molecule is CN(CC#Cc1cc(Cl)cc(N2CCOCC2)n1)C(=O)OC(C)(C)C. The van der Waals surface area contributed by atoms with Crippen molar-refractivity contribution in [1.29, 1.82) is 0 Å². The quantitative estimate of drug-likeness (QED) is 0.754. The van der Waals surface area contributed by atoms with Gasteiger partial charge in [-0.15, -0.1) is 0 Å². The van der Waals surface area contributed by atoms with E-state index in [1.807, 2.05) is 26.8 Å². The monoisotopic (exact) mass is 365 g/mol. The van der Waals surface area contributed by atoms with E-state index in [0.717, 1.165) is 18.9 Å². The Bertz CT molecular complexity index is 670. The van der Waals surface area contributed by atoms with Gasteiger partial charge in [0.1, 0.15) is 17.1 Å². The summed E-state index contributed by atoms with van der Waals surface area (Å²) in [5.41, 5.74) is 0.0481. The first-order chi connectivity index (χ1) is 11.7. The fraction of sp³-hybridized carbons (Fsp3) is 0.556. The molecular formula is C18H24ClN3O3. The van der Waals surface area contributed by atoms with Crippen molar-refractivity contribution in [2.45, 2.75) is 26.4 Å². The third-order valence-electron chi connectivity index (χ3n) is 3.35. The fourth-order valence-electron chi connectivity index (χ4n) is 2.16. The fourth-order valence-corrected chi connectivity index (χ4v) is 2.36. The second kappa shape index (κ2) is 8.41. The maximum absolute atomic E-state index is 11.9. The molecule has 7 heteroatoms. The first-order valence-electron chi connectivity index (χ1n) is 8.18. The van der Waals surface area contributed by atoms with E-state index < -0.39 is 11.7 Å². The molecule has 136 valence electrons. The Morgan fingerprint density at radius 1 is 1.40 bits per heavy atom. The van der Waals surface area contributed by atoms with Gasteiger partial charge in [-0.05, 0) is 38.8 Å². The van der Waals surface area contributed by atoms with E-state index in [1.54, 1.807) is 13.1 Å². The lowest BCUT2D eigenvalue weighted by Crippen LogP contribution is -2.36. The Hall–Kier alpha value is -1.97. The number of aromatic nitrogens is 1. The highest BCUT2D eigenvalue weighted by atomic mass is 35.5. The van der Waals surface area contributed by atoms with E-state index >= 15 is 0 Å². The van der Waals surface area contributed by atoms with Crippen molar-refractivity contribution in [3.05, 3.63) is 22.8 Å². The lowest BCUT2D eigenvalue weighted by molar-refractivity contribution is 0.0321. The largest absolute Gasteiger partial charge is 0.444 e. The van der Waals surface area contributed by atoms with Crippen LogP contribution in [0.1, 0.15) is 26.5 Å². The third-order valence-corrected chi connectivity index (χ3v) is 3.57. The second-order valence-corrected chi connectivity index (χ2v) is 7.20. The summed E-state index contributed by atoms with van der Waals surface area (Å²) in [6.45, 7) is 8.64. The molecule has 0 aliphatic carbocycles. The molecule has 1 aromatic heterocycles. The van der Waals surface area contributed by atoms with Gasteiger partial charge in [-0.1, -0.05) is 17.5 Å². The molecule has 0 radical (unpaired) electrons. The van der Waals surface area contributed by atoms with Crippen LogP contribution in [0.5, 0.6) is 0 Å². The molecule has 0 spiro atoms. The lowest BCUT2D eigenvalue weighted by atomic mass is 10.2. The Kier molecular flexibility index (Phi) is 6.51. The Morgan fingerprint density at radius 2 is 2.08 bits per heavy atom. The van der Waals surface area contributed by atoms with Crippen LogP contribution in [0.25, 0.3) is 0 Å². The van der Waals surface area contributed by atoms with Gasteiger partial charge in [0.15, 0.2) is 0 Å². The lowest BCUT2D eigenvalue weighted by Gasteiger charge is -2.27. The highest BCUT2D eigenvalue weighted by Crippen LogP contribution is 2.19. The molecule has 0 atom stereocenters. The number of carbonyl (C=O) groups excluding carboxylic acids is 1. The van der Waals surface area contributed by atoms with Crippen molar-refractivity contribution in [2.24, 2.45) is 0 Å². The van der Waals surface area contributed by atoms with E-state index in [-0.39, 0.29) is 6.54 Å². The van der Waals surface area contributed by atoms with Crippen LogP contribution in [0.4, 0.5) is 10.6 Å². The predicted octanol–water partition coefficient (Wildman–Crippen LogP) is 2.79. The number of pyridine rings is 1. The zero-order valence-corrected chi connectivity index (χ0v) is 15.9. The summed E-state index contributed by atoms with van der Waals surface area (Å²) in [7, 11) is 1.65. The van der Waals surface area contributed by atoms with Gasteiger partial charge < -0.3 is 19.3 Å². The summed E-state index contributed by atoms with van der Waals surface area (Å²) < 4.78 is 10.6. The van der Waals surface area contributed by atoms with Crippen molar-refractivity contribution >= 4 is 23.5 Å². The van der Waals surface area contributed by atoms with Crippen LogP contribution in [0, 0.1) is 11.8 Å². The van der Waals surface area contributed by atoms with Gasteiger partial charge in [-0.3, -0.25) is 0 Å². The van der Waals surface area contributed by atoms with Crippen LogP contribution in [-0.4, -0.2) is 61.5 Å². The molecule has 0 aromatic carbocycles. The normalized spacial score (nSPS) is 14.5. The minimum atomic E-state index is -0.527. The summed E-state index contributed by atoms with van der Waals surface area (Å²) in [5.74, 6) is 6.69. The van der Waals surface area contributed by atoms with Gasteiger partial charge in [-0.2, -0.15) is 0 Å². The molecule has 1 aliphatic heterocycles. The molecule has 1 fully saturated rings. The molecule has 1 aliphatic rings. The molecular weight excluding hydrogens is 342 g/mol.